The van der Waals surface area contributed by atoms with Gasteiger partial charge in [-0.05, 0) is 31.5 Å². The van der Waals surface area contributed by atoms with E-state index in [1.807, 2.05) is 13.8 Å². The summed E-state index contributed by atoms with van der Waals surface area (Å²) in [6.07, 6.45) is 0.675. The summed E-state index contributed by atoms with van der Waals surface area (Å²) < 4.78 is 5.30. The lowest BCUT2D eigenvalue weighted by atomic mass is 10.1. The molecule has 1 aromatic rings. The van der Waals surface area contributed by atoms with E-state index in [4.69, 9.17) is 15.6 Å². The van der Waals surface area contributed by atoms with Crippen LogP contribution in [0.25, 0.3) is 0 Å². The Kier molecular flexibility index (Phi) is 5.45. The molecule has 0 saturated carbocycles. The van der Waals surface area contributed by atoms with Crippen molar-refractivity contribution in [1.82, 2.24) is 5.32 Å². The summed E-state index contributed by atoms with van der Waals surface area (Å²) in [5.74, 6) is 0.328. The molecule has 1 aromatic carbocycles. The Hall–Kier alpha value is -1.75. The quantitative estimate of drug-likeness (QED) is 0.663. The molecule has 5 heteroatoms. The minimum absolute atomic E-state index is 0.0747. The van der Waals surface area contributed by atoms with Gasteiger partial charge in [-0.1, -0.05) is 6.92 Å². The summed E-state index contributed by atoms with van der Waals surface area (Å²) in [6.45, 7) is 4.22. The second-order valence-corrected chi connectivity index (χ2v) is 3.95. The van der Waals surface area contributed by atoms with Gasteiger partial charge in [-0.25, -0.2) is 0 Å². The van der Waals surface area contributed by atoms with Gasteiger partial charge in [0.25, 0.3) is 5.91 Å². The first-order valence-electron chi connectivity index (χ1n) is 6.06. The number of hydrogen-bond acceptors (Lipinski definition) is 4. The molecule has 0 unspecified atom stereocenters. The first kappa shape index (κ1) is 14.3. The Morgan fingerprint density at radius 3 is 2.72 bits per heavy atom. The van der Waals surface area contributed by atoms with Crippen LogP contribution in [0.3, 0.4) is 0 Å². The Morgan fingerprint density at radius 2 is 2.22 bits per heavy atom. The van der Waals surface area contributed by atoms with Crippen molar-refractivity contribution in [3.63, 3.8) is 0 Å². The predicted molar refractivity (Wildman–Crippen MR) is 70.7 cm³/mol. The minimum Gasteiger partial charge on any atom is -0.492 e. The van der Waals surface area contributed by atoms with Crippen LogP contribution in [-0.2, 0) is 0 Å². The summed E-state index contributed by atoms with van der Waals surface area (Å²) >= 11 is 0. The minimum atomic E-state index is -0.245. The molecule has 1 amide bonds. The Balaban J connectivity index is 2.78. The summed E-state index contributed by atoms with van der Waals surface area (Å²) in [5.41, 5.74) is 6.68. The number of nitrogens with two attached hydrogens (primary N) is 1. The molecule has 0 aromatic heterocycles. The number of hydrogen-bond donors (Lipinski definition) is 3. The predicted octanol–water partition coefficient (Wildman–Crippen LogP) is 1.17. The standard InChI is InChI=1S/C13H20N2O3/c1-3-10(8-16)15-13(17)9-5-6-12(18-4-2)11(14)7-9/h5-7,10,16H,3-4,8,14H2,1-2H3,(H,15,17)/t10-/m1/s1. The SMILES string of the molecule is CCOc1ccc(C(=O)N[C@H](CC)CO)cc1N. The molecule has 1 atom stereocenters. The maximum Gasteiger partial charge on any atom is 0.251 e. The Morgan fingerprint density at radius 1 is 1.50 bits per heavy atom. The maximum atomic E-state index is 11.9. The smallest absolute Gasteiger partial charge is 0.251 e. The number of benzene rings is 1. The van der Waals surface area contributed by atoms with Crippen molar-refractivity contribution in [2.24, 2.45) is 0 Å². The number of aliphatic hydroxyl groups excluding tert-OH is 1. The normalized spacial score (nSPS) is 11.9. The van der Waals surface area contributed by atoms with Gasteiger partial charge in [0.05, 0.1) is 24.9 Å². The van der Waals surface area contributed by atoms with E-state index in [2.05, 4.69) is 5.32 Å². The van der Waals surface area contributed by atoms with E-state index >= 15 is 0 Å². The molecule has 0 radical (unpaired) electrons. The average Bonchev–Trinajstić information content (AvgIpc) is 2.38. The Bertz CT molecular complexity index is 403. The van der Waals surface area contributed by atoms with Crippen molar-refractivity contribution in [2.75, 3.05) is 18.9 Å². The van der Waals surface area contributed by atoms with Crippen LogP contribution in [0.4, 0.5) is 5.69 Å². The number of carbonyl (C=O) groups is 1. The third-order valence-electron chi connectivity index (χ3n) is 2.62. The fourth-order valence-corrected chi connectivity index (χ4v) is 1.52. The topological polar surface area (TPSA) is 84.6 Å². The molecular weight excluding hydrogens is 232 g/mol. The second-order valence-electron chi connectivity index (χ2n) is 3.95. The second kappa shape index (κ2) is 6.86. The molecule has 18 heavy (non-hydrogen) atoms. The van der Waals surface area contributed by atoms with Gasteiger partial charge in [-0.2, -0.15) is 0 Å². The first-order valence-corrected chi connectivity index (χ1v) is 6.06. The third kappa shape index (κ3) is 3.63. The van der Waals surface area contributed by atoms with Crippen molar-refractivity contribution in [1.29, 1.82) is 0 Å². The summed E-state index contributed by atoms with van der Waals surface area (Å²) in [7, 11) is 0. The lowest BCUT2D eigenvalue weighted by molar-refractivity contribution is 0.0915. The molecule has 0 bridgehead atoms. The highest BCUT2D eigenvalue weighted by atomic mass is 16.5. The van der Waals surface area contributed by atoms with Crippen LogP contribution in [0.2, 0.25) is 0 Å². The average molecular weight is 252 g/mol. The van der Waals surface area contributed by atoms with Gasteiger partial charge in [0, 0.05) is 5.56 Å². The third-order valence-corrected chi connectivity index (χ3v) is 2.62. The van der Waals surface area contributed by atoms with Crippen molar-refractivity contribution in [3.05, 3.63) is 23.8 Å². The van der Waals surface area contributed by atoms with Gasteiger partial charge in [0.2, 0.25) is 0 Å². The van der Waals surface area contributed by atoms with Crippen molar-refractivity contribution in [2.45, 2.75) is 26.3 Å². The van der Waals surface area contributed by atoms with E-state index in [1.165, 1.54) is 0 Å². The monoisotopic (exact) mass is 252 g/mol. The summed E-state index contributed by atoms with van der Waals surface area (Å²) in [4.78, 5) is 11.9. The van der Waals surface area contributed by atoms with Crippen molar-refractivity contribution in [3.8, 4) is 5.75 Å². The molecule has 0 fully saturated rings. The fourth-order valence-electron chi connectivity index (χ4n) is 1.52. The molecule has 100 valence electrons. The molecule has 1 rings (SSSR count). The van der Waals surface area contributed by atoms with Gasteiger partial charge < -0.3 is 20.9 Å². The largest absolute Gasteiger partial charge is 0.492 e. The first-order chi connectivity index (χ1) is 8.62. The number of nitrogens with one attached hydrogen (secondary N) is 1. The van der Waals surface area contributed by atoms with E-state index in [-0.39, 0.29) is 18.6 Å². The highest BCUT2D eigenvalue weighted by Gasteiger charge is 2.12. The van der Waals surface area contributed by atoms with Gasteiger partial charge in [0.15, 0.2) is 0 Å². The fraction of sp³-hybridized carbons (Fsp3) is 0.462. The lowest BCUT2D eigenvalue weighted by Crippen LogP contribution is -2.36. The van der Waals surface area contributed by atoms with Crippen LogP contribution >= 0.6 is 0 Å². The number of ether oxygens (including phenoxy) is 1. The molecule has 0 aliphatic heterocycles. The molecular formula is C13H20N2O3. The van der Waals surface area contributed by atoms with E-state index in [9.17, 15) is 4.79 Å². The zero-order chi connectivity index (χ0) is 13.5. The van der Waals surface area contributed by atoms with Crippen LogP contribution in [0.5, 0.6) is 5.75 Å². The summed E-state index contributed by atoms with van der Waals surface area (Å²) in [5, 5.41) is 11.8. The highest BCUT2D eigenvalue weighted by Crippen LogP contribution is 2.22. The van der Waals surface area contributed by atoms with Gasteiger partial charge >= 0.3 is 0 Å². The molecule has 0 aliphatic rings. The number of aliphatic hydroxyl groups is 1. The summed E-state index contributed by atoms with van der Waals surface area (Å²) in [6, 6.07) is 4.67. The van der Waals surface area contributed by atoms with E-state index in [0.29, 0.717) is 30.0 Å². The number of amides is 1. The molecule has 0 aliphatic carbocycles. The van der Waals surface area contributed by atoms with Crippen LogP contribution < -0.4 is 15.8 Å². The van der Waals surface area contributed by atoms with Crippen LogP contribution in [-0.4, -0.2) is 30.3 Å². The lowest BCUT2D eigenvalue weighted by Gasteiger charge is -2.14. The van der Waals surface area contributed by atoms with Gasteiger partial charge in [-0.3, -0.25) is 4.79 Å². The zero-order valence-electron chi connectivity index (χ0n) is 10.8. The maximum absolute atomic E-state index is 11.9. The number of anilines is 1. The zero-order valence-corrected chi connectivity index (χ0v) is 10.8. The van der Waals surface area contributed by atoms with E-state index < -0.39 is 0 Å². The Labute approximate surface area is 107 Å². The van der Waals surface area contributed by atoms with Crippen LogP contribution in [0, 0.1) is 0 Å². The number of nitrogen functional groups attached to an aromatic ring is 1. The molecule has 0 spiro atoms. The number of rotatable bonds is 6. The highest BCUT2D eigenvalue weighted by molar-refractivity contribution is 5.95. The molecule has 5 nitrogen and oxygen atoms in total. The van der Waals surface area contributed by atoms with E-state index in [1.54, 1.807) is 18.2 Å². The molecule has 0 heterocycles. The van der Waals surface area contributed by atoms with E-state index in [0.717, 1.165) is 0 Å². The van der Waals surface area contributed by atoms with Crippen LogP contribution in [0.1, 0.15) is 30.6 Å². The molecule has 4 N–H and O–H groups in total. The molecule has 0 saturated heterocycles. The van der Waals surface area contributed by atoms with Crippen molar-refractivity contribution < 1.29 is 14.6 Å². The van der Waals surface area contributed by atoms with Crippen molar-refractivity contribution >= 4 is 11.6 Å². The van der Waals surface area contributed by atoms with Crippen LogP contribution in [0.15, 0.2) is 18.2 Å². The van der Waals surface area contributed by atoms with Gasteiger partial charge in [-0.15, -0.1) is 0 Å². The number of carbonyl (C=O) groups excluding carboxylic acids is 1. The van der Waals surface area contributed by atoms with Gasteiger partial charge in [0.1, 0.15) is 5.75 Å².